The predicted octanol–water partition coefficient (Wildman–Crippen LogP) is 2.67. The molecule has 99 valence electrons. The molecule has 0 aromatic rings. The zero-order valence-corrected chi connectivity index (χ0v) is 10.7. The average molecular weight is 243 g/mol. The summed E-state index contributed by atoms with van der Waals surface area (Å²) in [4.78, 5) is 21.7. The second-order valence-corrected chi connectivity index (χ2v) is 4.22. The van der Waals surface area contributed by atoms with Crippen LogP contribution in [0.2, 0.25) is 0 Å². The number of ketones is 1. The van der Waals surface area contributed by atoms with Gasteiger partial charge in [-0.05, 0) is 6.42 Å². The molecular formula is C13H23O4. The van der Waals surface area contributed by atoms with Gasteiger partial charge in [0.2, 0.25) is 0 Å². The van der Waals surface area contributed by atoms with E-state index >= 15 is 0 Å². The van der Waals surface area contributed by atoms with Crippen LogP contribution >= 0.6 is 0 Å². The Bertz CT molecular complexity index is 213. The fourth-order valence-electron chi connectivity index (χ4n) is 1.50. The van der Waals surface area contributed by atoms with Gasteiger partial charge in [0.05, 0.1) is 0 Å². The molecule has 0 saturated heterocycles. The highest BCUT2D eigenvalue weighted by molar-refractivity contribution is 5.83. The first-order valence-corrected chi connectivity index (χ1v) is 6.46. The number of hydrogen-bond donors (Lipinski definition) is 0. The Morgan fingerprint density at radius 2 is 1.53 bits per heavy atom. The highest BCUT2D eigenvalue weighted by Gasteiger charge is 2.06. The zero-order valence-electron chi connectivity index (χ0n) is 10.7. The number of unbranched alkanes of at least 4 members (excludes halogenated alkanes) is 6. The summed E-state index contributed by atoms with van der Waals surface area (Å²) >= 11 is 0. The van der Waals surface area contributed by atoms with E-state index in [4.69, 9.17) is 0 Å². The van der Waals surface area contributed by atoms with E-state index in [2.05, 4.69) is 11.7 Å². The van der Waals surface area contributed by atoms with Crippen LogP contribution in [-0.4, -0.2) is 25.0 Å². The van der Waals surface area contributed by atoms with E-state index in [1.54, 1.807) is 0 Å². The van der Waals surface area contributed by atoms with Gasteiger partial charge in [-0.25, -0.2) is 5.11 Å². The average Bonchev–Trinajstić information content (AvgIpc) is 2.34. The molecule has 0 amide bonds. The molecule has 0 aromatic carbocycles. The minimum atomic E-state index is -0.815. The van der Waals surface area contributed by atoms with Gasteiger partial charge in [-0.3, -0.25) is 9.59 Å². The normalized spacial score (nSPS) is 10.2. The Hall–Kier alpha value is -0.900. The summed E-state index contributed by atoms with van der Waals surface area (Å²) in [5.41, 5.74) is 0. The number of hydrogen-bond acceptors (Lipinski definition) is 3. The quantitative estimate of drug-likeness (QED) is 0.414. The van der Waals surface area contributed by atoms with Crippen molar-refractivity contribution in [1.82, 2.24) is 0 Å². The minimum Gasteiger partial charge on any atom is -0.458 e. The summed E-state index contributed by atoms with van der Waals surface area (Å²) in [5.74, 6) is -0.946. The molecule has 0 bridgehead atoms. The number of ether oxygens (including phenoxy) is 1. The molecular weight excluding hydrogens is 220 g/mol. The lowest BCUT2D eigenvalue weighted by atomic mass is 10.1. The second kappa shape index (κ2) is 11.6. The number of esters is 1. The number of carbonyl (C=O) groups excluding carboxylic acids is 2. The van der Waals surface area contributed by atoms with E-state index in [9.17, 15) is 14.7 Å². The fraction of sp³-hybridized carbons (Fsp3) is 0.846. The molecule has 4 heteroatoms. The molecule has 0 aliphatic rings. The molecule has 0 rings (SSSR count). The largest absolute Gasteiger partial charge is 0.458 e. The molecule has 0 saturated carbocycles. The Morgan fingerprint density at radius 1 is 0.941 bits per heavy atom. The smallest absolute Gasteiger partial charge is 0.306 e. The molecule has 1 radical (unpaired) electrons. The lowest BCUT2D eigenvalue weighted by Crippen LogP contribution is -2.15. The van der Waals surface area contributed by atoms with Crippen LogP contribution < -0.4 is 0 Å². The highest BCUT2D eigenvalue weighted by Crippen LogP contribution is 2.08. The molecule has 0 aliphatic heterocycles. The van der Waals surface area contributed by atoms with Crippen LogP contribution in [0.1, 0.15) is 58.3 Å². The Kier molecular flexibility index (Phi) is 11.0. The standard InChI is InChI=1S/C13H23O4/c1-2-3-4-5-6-7-8-9-13(16)17-11-12(15)10-14/h2-11H2,1H3. The van der Waals surface area contributed by atoms with Crippen molar-refractivity contribution in [2.45, 2.75) is 58.3 Å². The third-order valence-electron chi connectivity index (χ3n) is 2.54. The number of Topliss-reactive ketones (excluding diaryl/α,β-unsaturated/α-hetero) is 1. The molecule has 0 aliphatic carbocycles. The van der Waals surface area contributed by atoms with Crippen molar-refractivity contribution in [3.05, 3.63) is 0 Å². The molecule has 0 heterocycles. The summed E-state index contributed by atoms with van der Waals surface area (Å²) in [5, 5.41) is 10.1. The van der Waals surface area contributed by atoms with E-state index in [1.807, 2.05) is 0 Å². The summed E-state index contributed by atoms with van der Waals surface area (Å²) in [6, 6.07) is 0. The van der Waals surface area contributed by atoms with Crippen molar-refractivity contribution in [2.75, 3.05) is 13.2 Å². The van der Waals surface area contributed by atoms with Crippen molar-refractivity contribution >= 4 is 11.8 Å². The van der Waals surface area contributed by atoms with Gasteiger partial charge in [-0.2, -0.15) is 0 Å². The lowest BCUT2D eigenvalue weighted by molar-refractivity contribution is -0.149. The van der Waals surface area contributed by atoms with Crippen LogP contribution in [0.4, 0.5) is 0 Å². The Balaban J connectivity index is 3.25. The summed E-state index contributed by atoms with van der Waals surface area (Å²) in [6.45, 7) is 1.00. The van der Waals surface area contributed by atoms with Crippen molar-refractivity contribution in [1.29, 1.82) is 0 Å². The van der Waals surface area contributed by atoms with Gasteiger partial charge in [0.1, 0.15) is 6.61 Å². The fourth-order valence-corrected chi connectivity index (χ4v) is 1.50. The molecule has 4 nitrogen and oxygen atoms in total. The van der Waals surface area contributed by atoms with Crippen molar-refractivity contribution in [3.63, 3.8) is 0 Å². The lowest BCUT2D eigenvalue weighted by Gasteiger charge is -2.03. The summed E-state index contributed by atoms with van der Waals surface area (Å²) in [7, 11) is 0. The maximum Gasteiger partial charge on any atom is 0.306 e. The van der Waals surface area contributed by atoms with Crippen LogP contribution in [-0.2, 0) is 19.4 Å². The first-order chi connectivity index (χ1) is 8.20. The molecule has 0 spiro atoms. The highest BCUT2D eigenvalue weighted by atomic mass is 16.5. The first kappa shape index (κ1) is 16.1. The third-order valence-corrected chi connectivity index (χ3v) is 2.54. The van der Waals surface area contributed by atoms with E-state index in [1.165, 1.54) is 25.7 Å². The molecule has 0 unspecified atom stereocenters. The van der Waals surface area contributed by atoms with Crippen LogP contribution in [0.5, 0.6) is 0 Å². The maximum absolute atomic E-state index is 11.1. The van der Waals surface area contributed by atoms with Crippen LogP contribution in [0.25, 0.3) is 0 Å². The molecule has 0 N–H and O–H groups in total. The van der Waals surface area contributed by atoms with E-state index in [0.717, 1.165) is 19.3 Å². The number of rotatable bonds is 11. The van der Waals surface area contributed by atoms with Crippen molar-refractivity contribution in [2.24, 2.45) is 0 Å². The van der Waals surface area contributed by atoms with E-state index in [-0.39, 0.29) is 12.6 Å². The first-order valence-electron chi connectivity index (χ1n) is 6.46. The molecule has 17 heavy (non-hydrogen) atoms. The second-order valence-electron chi connectivity index (χ2n) is 4.22. The zero-order chi connectivity index (χ0) is 12.9. The van der Waals surface area contributed by atoms with Gasteiger partial charge < -0.3 is 4.74 Å². The van der Waals surface area contributed by atoms with Gasteiger partial charge in [0.25, 0.3) is 0 Å². The Labute approximate surface area is 103 Å². The van der Waals surface area contributed by atoms with Crippen molar-refractivity contribution in [3.8, 4) is 0 Å². The maximum atomic E-state index is 11.1. The van der Waals surface area contributed by atoms with Gasteiger partial charge in [-0.15, -0.1) is 0 Å². The summed E-state index contributed by atoms with van der Waals surface area (Å²) in [6.07, 6.45) is 8.31. The van der Waals surface area contributed by atoms with E-state index in [0.29, 0.717) is 6.42 Å². The van der Waals surface area contributed by atoms with Crippen LogP contribution in [0.3, 0.4) is 0 Å². The van der Waals surface area contributed by atoms with Gasteiger partial charge in [0, 0.05) is 6.42 Å². The Morgan fingerprint density at radius 3 is 2.12 bits per heavy atom. The predicted molar refractivity (Wildman–Crippen MR) is 64.1 cm³/mol. The molecule has 0 atom stereocenters. The van der Waals surface area contributed by atoms with Crippen LogP contribution in [0, 0.1) is 0 Å². The number of carbonyl (C=O) groups is 2. The van der Waals surface area contributed by atoms with Crippen molar-refractivity contribution < 1.29 is 19.4 Å². The molecule has 0 aromatic heterocycles. The van der Waals surface area contributed by atoms with Gasteiger partial charge in [-0.1, -0.05) is 45.4 Å². The van der Waals surface area contributed by atoms with Gasteiger partial charge in [0.15, 0.2) is 12.4 Å². The topological polar surface area (TPSA) is 63.3 Å². The third kappa shape index (κ3) is 11.4. The minimum absolute atomic E-state index is 0.347. The van der Waals surface area contributed by atoms with Gasteiger partial charge >= 0.3 is 5.97 Å². The SMILES string of the molecule is CCCCCCCCCC(=O)OCC(=O)C[O]. The van der Waals surface area contributed by atoms with Crippen LogP contribution in [0.15, 0.2) is 0 Å². The monoisotopic (exact) mass is 243 g/mol. The van der Waals surface area contributed by atoms with E-state index < -0.39 is 12.4 Å². The summed E-state index contributed by atoms with van der Waals surface area (Å²) < 4.78 is 4.65. The molecule has 0 fully saturated rings.